The molecule has 140 valence electrons. The van der Waals surface area contributed by atoms with Gasteiger partial charge in [-0.2, -0.15) is 0 Å². The predicted octanol–water partition coefficient (Wildman–Crippen LogP) is 0.610. The maximum absolute atomic E-state index is 12.6. The minimum absolute atomic E-state index is 0. The Bertz CT molecular complexity index is 559. The quantitative estimate of drug-likeness (QED) is 0.546. The molecule has 1 aliphatic heterocycles. The predicted molar refractivity (Wildman–Crippen MR) is 96.5 cm³/mol. The van der Waals surface area contributed by atoms with Crippen LogP contribution in [-0.2, 0) is 11.3 Å². The van der Waals surface area contributed by atoms with Gasteiger partial charge in [0.2, 0.25) is 5.91 Å². The van der Waals surface area contributed by atoms with Crippen LogP contribution in [0.4, 0.5) is 0 Å². The minimum atomic E-state index is -0.143. The van der Waals surface area contributed by atoms with Crippen molar-refractivity contribution in [3.8, 4) is 0 Å². The summed E-state index contributed by atoms with van der Waals surface area (Å²) in [4.78, 5) is 26.2. The number of hydrogen-bond acceptors (Lipinski definition) is 2. The summed E-state index contributed by atoms with van der Waals surface area (Å²) in [5, 5.41) is 0. The highest BCUT2D eigenvalue weighted by Gasteiger charge is 2.25. The van der Waals surface area contributed by atoms with Gasteiger partial charge in [-0.3, -0.25) is 14.5 Å². The van der Waals surface area contributed by atoms with Crippen molar-refractivity contribution in [3.63, 3.8) is 0 Å². The Morgan fingerprint density at radius 3 is 2.16 bits per heavy atom. The molecule has 2 rings (SSSR count). The Morgan fingerprint density at radius 1 is 1.00 bits per heavy atom. The first kappa shape index (κ1) is 21.7. The lowest BCUT2D eigenvalue weighted by atomic mass is 10.1. The minimum Gasteiger partial charge on any atom is -1.00 e. The molecule has 0 unspecified atom stereocenters. The van der Waals surface area contributed by atoms with Crippen molar-refractivity contribution in [3.05, 3.63) is 35.4 Å². The molecule has 5 heteroatoms. The van der Waals surface area contributed by atoms with Crippen LogP contribution < -0.4 is 12.4 Å². The van der Waals surface area contributed by atoms with E-state index in [1.54, 1.807) is 0 Å². The number of carbonyl (C=O) groups excluding carboxylic acids is 2. The maximum Gasteiger partial charge on any atom is 0.260 e. The smallest absolute Gasteiger partial charge is 0.260 e. The van der Waals surface area contributed by atoms with Gasteiger partial charge in [0.15, 0.2) is 0 Å². The van der Waals surface area contributed by atoms with Crippen LogP contribution in [0.1, 0.15) is 62.4 Å². The fourth-order valence-electron chi connectivity index (χ4n) is 3.50. The second kappa shape index (κ2) is 9.93. The van der Waals surface area contributed by atoms with Crippen molar-refractivity contribution >= 4 is 11.8 Å². The molecule has 0 saturated carbocycles. The van der Waals surface area contributed by atoms with Crippen molar-refractivity contribution in [2.24, 2.45) is 0 Å². The average molecular weight is 367 g/mol. The number of quaternary nitrogens is 1. The van der Waals surface area contributed by atoms with Gasteiger partial charge in [0.25, 0.3) is 5.91 Å². The van der Waals surface area contributed by atoms with E-state index in [1.807, 2.05) is 24.3 Å². The summed E-state index contributed by atoms with van der Waals surface area (Å²) >= 11 is 0. The number of nitrogens with zero attached hydrogens (tertiary/aromatic N) is 2. The molecular formula is C20H31ClN2O2. The second-order valence-corrected chi connectivity index (χ2v) is 6.81. The zero-order chi connectivity index (χ0) is 17.6. The molecule has 0 atom stereocenters. The van der Waals surface area contributed by atoms with Crippen molar-refractivity contribution in [1.82, 2.24) is 4.90 Å². The first-order valence-corrected chi connectivity index (χ1v) is 9.34. The Balaban J connectivity index is 0.00000312. The summed E-state index contributed by atoms with van der Waals surface area (Å²) in [7, 11) is 0. The Hall–Kier alpha value is -1.39. The number of benzene rings is 1. The van der Waals surface area contributed by atoms with Crippen LogP contribution in [0.15, 0.2) is 24.3 Å². The van der Waals surface area contributed by atoms with Gasteiger partial charge in [0, 0.05) is 24.1 Å². The summed E-state index contributed by atoms with van der Waals surface area (Å²) in [6.07, 6.45) is 3.33. The molecule has 1 saturated heterocycles. The van der Waals surface area contributed by atoms with E-state index in [9.17, 15) is 9.59 Å². The Morgan fingerprint density at radius 2 is 1.60 bits per heavy atom. The standard InChI is InChI=1S/C20H31N2O2.ClH/c1-4-22(5-2,6-3)16-17-11-13-18(14-12-17)20(24)21-15-9-7-8-10-19(21)23;/h11-14H,4-10,15-16H2,1-3H3;1H/q+1;/p-1. The SMILES string of the molecule is CC[N+](CC)(CC)Cc1ccc(C(=O)N2CCCCCC2=O)cc1.[Cl-]. The van der Waals surface area contributed by atoms with Gasteiger partial charge in [0.05, 0.1) is 19.6 Å². The van der Waals surface area contributed by atoms with Crippen molar-refractivity contribution in [2.45, 2.75) is 53.0 Å². The molecule has 1 heterocycles. The lowest BCUT2D eigenvalue weighted by Crippen LogP contribution is -3.00. The summed E-state index contributed by atoms with van der Waals surface area (Å²) in [6.45, 7) is 11.6. The fourth-order valence-corrected chi connectivity index (χ4v) is 3.50. The second-order valence-electron chi connectivity index (χ2n) is 6.81. The summed E-state index contributed by atoms with van der Waals surface area (Å²) < 4.78 is 1.05. The van der Waals surface area contributed by atoms with Gasteiger partial charge in [-0.1, -0.05) is 18.6 Å². The van der Waals surface area contributed by atoms with E-state index in [4.69, 9.17) is 0 Å². The van der Waals surface area contributed by atoms with Crippen LogP contribution in [0.3, 0.4) is 0 Å². The lowest BCUT2D eigenvalue weighted by Gasteiger charge is -2.35. The van der Waals surface area contributed by atoms with Crippen molar-refractivity contribution in [1.29, 1.82) is 0 Å². The van der Waals surface area contributed by atoms with Gasteiger partial charge >= 0.3 is 0 Å². The third kappa shape index (κ3) is 5.29. The number of likely N-dealkylation sites (tertiary alicyclic amines) is 1. The van der Waals surface area contributed by atoms with Gasteiger partial charge in [-0.05, 0) is 45.7 Å². The largest absolute Gasteiger partial charge is 1.00 e. The van der Waals surface area contributed by atoms with Crippen LogP contribution in [0.25, 0.3) is 0 Å². The molecule has 0 bridgehead atoms. The number of hydrogen-bond donors (Lipinski definition) is 0. The molecular weight excluding hydrogens is 336 g/mol. The molecule has 1 aromatic carbocycles. The third-order valence-corrected chi connectivity index (χ3v) is 5.55. The average Bonchev–Trinajstić information content (AvgIpc) is 2.84. The molecule has 0 spiro atoms. The number of amides is 2. The van der Waals surface area contributed by atoms with E-state index in [1.165, 1.54) is 10.5 Å². The van der Waals surface area contributed by atoms with Crippen LogP contribution in [0.5, 0.6) is 0 Å². The highest BCUT2D eigenvalue weighted by molar-refractivity contribution is 6.04. The third-order valence-electron chi connectivity index (χ3n) is 5.55. The van der Waals surface area contributed by atoms with Gasteiger partial charge in [-0.15, -0.1) is 0 Å². The zero-order valence-corrected chi connectivity index (χ0v) is 16.5. The zero-order valence-electron chi connectivity index (χ0n) is 15.8. The summed E-state index contributed by atoms with van der Waals surface area (Å²) in [5.41, 5.74) is 1.87. The van der Waals surface area contributed by atoms with E-state index in [0.29, 0.717) is 18.5 Å². The van der Waals surface area contributed by atoms with Crippen LogP contribution in [0.2, 0.25) is 0 Å². The van der Waals surface area contributed by atoms with Crippen LogP contribution >= 0.6 is 0 Å². The highest BCUT2D eigenvalue weighted by atomic mass is 35.5. The highest BCUT2D eigenvalue weighted by Crippen LogP contribution is 2.18. The van der Waals surface area contributed by atoms with Crippen molar-refractivity contribution < 1.29 is 26.5 Å². The van der Waals surface area contributed by atoms with E-state index < -0.39 is 0 Å². The molecule has 2 amide bonds. The number of carbonyl (C=O) groups is 2. The van der Waals surface area contributed by atoms with Crippen LogP contribution in [0, 0.1) is 0 Å². The topological polar surface area (TPSA) is 37.4 Å². The molecule has 1 aromatic rings. The maximum atomic E-state index is 12.6. The van der Waals surface area contributed by atoms with E-state index in [0.717, 1.165) is 49.9 Å². The van der Waals surface area contributed by atoms with E-state index in [-0.39, 0.29) is 24.2 Å². The summed E-state index contributed by atoms with van der Waals surface area (Å²) in [6, 6.07) is 7.85. The molecule has 0 aromatic heterocycles. The number of imide groups is 1. The molecule has 4 nitrogen and oxygen atoms in total. The van der Waals surface area contributed by atoms with E-state index in [2.05, 4.69) is 20.8 Å². The molecule has 0 N–H and O–H groups in total. The normalized spacial score (nSPS) is 15.5. The monoisotopic (exact) mass is 366 g/mol. The summed E-state index contributed by atoms with van der Waals surface area (Å²) in [5.74, 6) is -0.170. The van der Waals surface area contributed by atoms with Gasteiger partial charge in [0.1, 0.15) is 6.54 Å². The molecule has 1 aliphatic rings. The molecule has 25 heavy (non-hydrogen) atoms. The van der Waals surface area contributed by atoms with Gasteiger partial charge < -0.3 is 16.9 Å². The first-order chi connectivity index (χ1) is 11.5. The molecule has 0 aliphatic carbocycles. The first-order valence-electron chi connectivity index (χ1n) is 9.34. The van der Waals surface area contributed by atoms with Gasteiger partial charge in [-0.25, -0.2) is 0 Å². The molecule has 0 radical (unpaired) electrons. The Labute approximate surface area is 158 Å². The van der Waals surface area contributed by atoms with Crippen LogP contribution in [-0.4, -0.2) is 47.4 Å². The number of halogens is 1. The fraction of sp³-hybridized carbons (Fsp3) is 0.600. The van der Waals surface area contributed by atoms with Crippen molar-refractivity contribution in [2.75, 3.05) is 26.2 Å². The van der Waals surface area contributed by atoms with E-state index >= 15 is 0 Å². The Kier molecular flexibility index (Phi) is 8.60. The molecule has 1 fully saturated rings. The lowest BCUT2D eigenvalue weighted by molar-refractivity contribution is -0.936. The number of rotatable bonds is 6.